The predicted molar refractivity (Wildman–Crippen MR) is 95.5 cm³/mol. The van der Waals surface area contributed by atoms with Gasteiger partial charge in [0, 0.05) is 31.4 Å². The van der Waals surface area contributed by atoms with Crippen LogP contribution in [0.15, 0.2) is 42.6 Å². The van der Waals surface area contributed by atoms with E-state index >= 15 is 0 Å². The first kappa shape index (κ1) is 17.5. The lowest BCUT2D eigenvalue weighted by Gasteiger charge is -2.18. The number of anilines is 3. The van der Waals surface area contributed by atoms with Crippen LogP contribution in [0, 0.1) is 0 Å². The second-order valence-corrected chi connectivity index (χ2v) is 5.29. The molecule has 0 aliphatic carbocycles. The van der Waals surface area contributed by atoms with Gasteiger partial charge >= 0.3 is 0 Å². The van der Waals surface area contributed by atoms with Crippen LogP contribution in [0.5, 0.6) is 0 Å². The molecule has 0 atom stereocenters. The van der Waals surface area contributed by atoms with E-state index in [9.17, 15) is 9.59 Å². The molecule has 2 amide bonds. The maximum atomic E-state index is 12.2. The van der Waals surface area contributed by atoms with Crippen LogP contribution in [0.4, 0.5) is 17.1 Å². The fourth-order valence-corrected chi connectivity index (χ4v) is 2.27. The number of rotatable bonds is 6. The second-order valence-electron chi connectivity index (χ2n) is 5.29. The molecule has 0 bridgehead atoms. The number of hydrogen-bond donors (Lipinski definition) is 2. The first-order chi connectivity index (χ1) is 11.5. The van der Waals surface area contributed by atoms with Gasteiger partial charge in [-0.3, -0.25) is 9.59 Å². The fraction of sp³-hybridized carbons (Fsp3) is 0.278. The van der Waals surface area contributed by atoms with Gasteiger partial charge in [0.1, 0.15) is 5.69 Å². The molecule has 0 fully saturated rings. The van der Waals surface area contributed by atoms with Crippen molar-refractivity contribution >= 4 is 28.9 Å². The highest BCUT2D eigenvalue weighted by Gasteiger charge is 2.13. The summed E-state index contributed by atoms with van der Waals surface area (Å²) in [5, 5.41) is 5.92. The lowest BCUT2D eigenvalue weighted by molar-refractivity contribution is -0.114. The average molecular weight is 326 g/mol. The minimum absolute atomic E-state index is 0.0637. The Morgan fingerprint density at radius 1 is 0.958 bits per heavy atom. The summed E-state index contributed by atoms with van der Waals surface area (Å²) in [6.45, 7) is 6.69. The van der Waals surface area contributed by atoms with Crippen LogP contribution < -0.4 is 10.6 Å². The van der Waals surface area contributed by atoms with Crippen LogP contribution in [-0.4, -0.2) is 34.8 Å². The van der Waals surface area contributed by atoms with E-state index in [0.29, 0.717) is 18.8 Å². The van der Waals surface area contributed by atoms with Crippen molar-refractivity contribution in [2.45, 2.75) is 20.8 Å². The van der Waals surface area contributed by atoms with E-state index in [1.54, 1.807) is 17.2 Å². The Hall–Kier alpha value is -2.89. The number of hydrogen-bond acceptors (Lipinski definition) is 4. The molecule has 2 rings (SSSR count). The normalized spacial score (nSPS) is 10.1. The Labute approximate surface area is 141 Å². The zero-order valence-electron chi connectivity index (χ0n) is 14.2. The van der Waals surface area contributed by atoms with E-state index in [1.165, 1.54) is 6.92 Å². The molecule has 24 heavy (non-hydrogen) atoms. The molecule has 0 aliphatic heterocycles. The van der Waals surface area contributed by atoms with Gasteiger partial charge in [-0.25, -0.2) is 4.98 Å². The Balaban J connectivity index is 2.03. The van der Waals surface area contributed by atoms with Gasteiger partial charge in [-0.05, 0) is 50.2 Å². The Morgan fingerprint density at radius 2 is 1.54 bits per heavy atom. The highest BCUT2D eigenvalue weighted by molar-refractivity contribution is 5.92. The molecule has 0 spiro atoms. The number of pyridine rings is 1. The smallest absolute Gasteiger partial charge is 0.272 e. The van der Waals surface area contributed by atoms with Crippen LogP contribution in [0.1, 0.15) is 31.3 Å². The lowest BCUT2D eigenvalue weighted by atomic mass is 10.2. The van der Waals surface area contributed by atoms with Crippen molar-refractivity contribution in [2.24, 2.45) is 0 Å². The average Bonchev–Trinajstić information content (AvgIpc) is 2.58. The summed E-state index contributed by atoms with van der Waals surface area (Å²) in [7, 11) is 0. The fourth-order valence-electron chi connectivity index (χ4n) is 2.27. The van der Waals surface area contributed by atoms with Crippen molar-refractivity contribution in [3.8, 4) is 0 Å². The number of aromatic nitrogens is 1. The van der Waals surface area contributed by atoms with Gasteiger partial charge in [0.15, 0.2) is 0 Å². The third-order valence-corrected chi connectivity index (χ3v) is 3.53. The Kier molecular flexibility index (Phi) is 5.89. The molecule has 6 nitrogen and oxygen atoms in total. The molecule has 0 saturated carbocycles. The van der Waals surface area contributed by atoms with Crippen LogP contribution in [0.25, 0.3) is 0 Å². The molecule has 126 valence electrons. The molecule has 1 aromatic heterocycles. The predicted octanol–water partition coefficient (Wildman–Crippen LogP) is 3.27. The second kappa shape index (κ2) is 8.10. The maximum absolute atomic E-state index is 12.2. The van der Waals surface area contributed by atoms with E-state index in [2.05, 4.69) is 15.6 Å². The number of amides is 2. The minimum Gasteiger partial charge on any atom is -0.354 e. The summed E-state index contributed by atoms with van der Waals surface area (Å²) in [6, 6.07) is 10.9. The van der Waals surface area contributed by atoms with Crippen LogP contribution in [0.2, 0.25) is 0 Å². The highest BCUT2D eigenvalue weighted by atomic mass is 16.2. The van der Waals surface area contributed by atoms with E-state index in [-0.39, 0.29) is 11.8 Å². The van der Waals surface area contributed by atoms with Crippen molar-refractivity contribution < 1.29 is 9.59 Å². The third kappa shape index (κ3) is 4.55. The largest absolute Gasteiger partial charge is 0.354 e. The van der Waals surface area contributed by atoms with Gasteiger partial charge in [0.2, 0.25) is 5.91 Å². The number of carbonyl (C=O) groups excluding carboxylic acids is 2. The number of benzene rings is 1. The molecular weight excluding hydrogens is 304 g/mol. The third-order valence-electron chi connectivity index (χ3n) is 3.53. The topological polar surface area (TPSA) is 74.3 Å². The summed E-state index contributed by atoms with van der Waals surface area (Å²) in [5.41, 5.74) is 2.84. The quantitative estimate of drug-likeness (QED) is 0.854. The zero-order valence-corrected chi connectivity index (χ0v) is 14.2. The van der Waals surface area contributed by atoms with Gasteiger partial charge < -0.3 is 15.5 Å². The number of nitrogens with one attached hydrogen (secondary N) is 2. The van der Waals surface area contributed by atoms with Gasteiger partial charge in [-0.1, -0.05) is 0 Å². The molecule has 0 radical (unpaired) electrons. The van der Waals surface area contributed by atoms with Gasteiger partial charge in [0.05, 0.1) is 11.9 Å². The van der Waals surface area contributed by atoms with Crippen molar-refractivity contribution in [3.05, 3.63) is 48.3 Å². The number of nitrogens with zero attached hydrogens (tertiary/aromatic N) is 2. The first-order valence-electron chi connectivity index (χ1n) is 7.93. The van der Waals surface area contributed by atoms with E-state index in [0.717, 1.165) is 17.1 Å². The lowest BCUT2D eigenvalue weighted by Crippen LogP contribution is -2.31. The molecule has 0 aliphatic rings. The molecular formula is C18H22N4O2. The molecule has 6 heteroatoms. The summed E-state index contributed by atoms with van der Waals surface area (Å²) in [6.07, 6.45) is 1.64. The minimum atomic E-state index is -0.103. The van der Waals surface area contributed by atoms with Crippen molar-refractivity contribution in [2.75, 3.05) is 23.7 Å². The first-order valence-corrected chi connectivity index (χ1v) is 7.93. The van der Waals surface area contributed by atoms with Crippen molar-refractivity contribution in [1.82, 2.24) is 9.88 Å². The van der Waals surface area contributed by atoms with Crippen molar-refractivity contribution in [3.63, 3.8) is 0 Å². The van der Waals surface area contributed by atoms with E-state index in [1.807, 2.05) is 44.2 Å². The monoisotopic (exact) mass is 326 g/mol. The number of carbonyl (C=O) groups is 2. The Morgan fingerprint density at radius 3 is 2.04 bits per heavy atom. The van der Waals surface area contributed by atoms with Gasteiger partial charge in [-0.2, -0.15) is 0 Å². The Bertz CT molecular complexity index is 692. The highest BCUT2D eigenvalue weighted by Crippen LogP contribution is 2.18. The summed E-state index contributed by atoms with van der Waals surface area (Å²) < 4.78 is 0. The van der Waals surface area contributed by atoms with Crippen LogP contribution in [0.3, 0.4) is 0 Å². The molecule has 1 heterocycles. The van der Waals surface area contributed by atoms with Gasteiger partial charge in [-0.15, -0.1) is 0 Å². The maximum Gasteiger partial charge on any atom is 0.272 e. The molecule has 2 N–H and O–H groups in total. The van der Waals surface area contributed by atoms with E-state index in [4.69, 9.17) is 0 Å². The standard InChI is InChI=1S/C18H22N4O2/c1-4-22(5-2)18(24)17-11-10-16(12-19-17)21-15-8-6-14(7-9-15)20-13(3)23/h6-12,21H,4-5H2,1-3H3,(H,20,23). The van der Waals surface area contributed by atoms with Crippen molar-refractivity contribution in [1.29, 1.82) is 0 Å². The SMILES string of the molecule is CCN(CC)C(=O)c1ccc(Nc2ccc(NC(C)=O)cc2)cn1. The van der Waals surface area contributed by atoms with Gasteiger partial charge in [0.25, 0.3) is 5.91 Å². The van der Waals surface area contributed by atoms with Crippen LogP contribution >= 0.6 is 0 Å². The molecule has 2 aromatic rings. The summed E-state index contributed by atoms with van der Waals surface area (Å²) in [4.78, 5) is 29.2. The zero-order chi connectivity index (χ0) is 17.5. The summed E-state index contributed by atoms with van der Waals surface area (Å²) in [5.74, 6) is -0.167. The van der Waals surface area contributed by atoms with Crippen LogP contribution in [-0.2, 0) is 4.79 Å². The van der Waals surface area contributed by atoms with E-state index < -0.39 is 0 Å². The molecule has 1 aromatic carbocycles. The molecule has 0 saturated heterocycles. The summed E-state index contributed by atoms with van der Waals surface area (Å²) >= 11 is 0. The molecule has 0 unspecified atom stereocenters.